The van der Waals surface area contributed by atoms with Gasteiger partial charge in [0, 0.05) is 23.9 Å². The minimum absolute atomic E-state index is 0.0834. The van der Waals surface area contributed by atoms with E-state index in [4.69, 9.17) is 4.74 Å². The van der Waals surface area contributed by atoms with Crippen LogP contribution in [-0.4, -0.2) is 58.5 Å². The van der Waals surface area contributed by atoms with Gasteiger partial charge >= 0.3 is 11.9 Å². The van der Waals surface area contributed by atoms with E-state index in [-0.39, 0.29) is 18.3 Å². The van der Waals surface area contributed by atoms with Crippen LogP contribution >= 0.6 is 11.8 Å². The summed E-state index contributed by atoms with van der Waals surface area (Å²) in [6, 6.07) is 8.32. The zero-order valence-electron chi connectivity index (χ0n) is 19.9. The summed E-state index contributed by atoms with van der Waals surface area (Å²) < 4.78 is 11.8. The minimum atomic E-state index is -0.508. The van der Waals surface area contributed by atoms with Gasteiger partial charge in [-0.05, 0) is 38.8 Å². The van der Waals surface area contributed by atoms with E-state index in [1.54, 1.807) is 6.08 Å². The van der Waals surface area contributed by atoms with Crippen LogP contribution < -0.4 is 0 Å². The fourth-order valence-corrected chi connectivity index (χ4v) is 4.45. The Labute approximate surface area is 203 Å². The van der Waals surface area contributed by atoms with E-state index in [0.29, 0.717) is 24.5 Å². The highest BCUT2D eigenvalue weighted by Gasteiger charge is 2.27. The fourth-order valence-electron chi connectivity index (χ4n) is 3.50. The average molecular weight is 484 g/mol. The number of hydrogen-bond donors (Lipinski definition) is 0. The van der Waals surface area contributed by atoms with Gasteiger partial charge in [0.1, 0.15) is 0 Å². The molecular weight excluding hydrogens is 454 g/mol. The fraction of sp³-hybridized carbons (Fsp3) is 0.360. The predicted octanol–water partition coefficient (Wildman–Crippen LogP) is 3.39. The van der Waals surface area contributed by atoms with Gasteiger partial charge in [-0.15, -0.1) is 0 Å². The lowest BCUT2D eigenvalue weighted by molar-refractivity contribution is -0.138. The summed E-state index contributed by atoms with van der Waals surface area (Å²) in [4.78, 5) is 37.2. The third kappa shape index (κ3) is 6.60. The molecular formula is C25H29N3O5S. The number of methoxy groups -OCH3 is 1. The molecule has 8 nitrogen and oxygen atoms in total. The molecule has 9 heteroatoms. The van der Waals surface area contributed by atoms with E-state index < -0.39 is 11.9 Å². The van der Waals surface area contributed by atoms with Crippen molar-refractivity contribution < 1.29 is 23.9 Å². The van der Waals surface area contributed by atoms with Crippen molar-refractivity contribution in [2.75, 3.05) is 26.0 Å². The van der Waals surface area contributed by atoms with Gasteiger partial charge in [-0.2, -0.15) is 5.10 Å². The predicted molar refractivity (Wildman–Crippen MR) is 131 cm³/mol. The molecule has 1 fully saturated rings. The zero-order chi connectivity index (χ0) is 24.7. The summed E-state index contributed by atoms with van der Waals surface area (Å²) in [7, 11) is 1.29. The van der Waals surface area contributed by atoms with Crippen LogP contribution in [0.5, 0.6) is 0 Å². The molecule has 0 unspecified atom stereocenters. The molecule has 1 saturated heterocycles. The Balaban J connectivity index is 1.51. The van der Waals surface area contributed by atoms with Crippen molar-refractivity contribution in [3.05, 3.63) is 69.5 Å². The quantitative estimate of drug-likeness (QED) is 0.307. The summed E-state index contributed by atoms with van der Waals surface area (Å²) >= 11 is 1.29. The summed E-state index contributed by atoms with van der Waals surface area (Å²) in [5.41, 5.74) is 5.07. The molecule has 1 aromatic heterocycles. The Kier molecular flexibility index (Phi) is 8.70. The van der Waals surface area contributed by atoms with Crippen molar-refractivity contribution in [3.8, 4) is 0 Å². The minimum Gasteiger partial charge on any atom is -0.466 e. The molecule has 34 heavy (non-hydrogen) atoms. The van der Waals surface area contributed by atoms with E-state index in [0.717, 1.165) is 22.5 Å². The van der Waals surface area contributed by atoms with Gasteiger partial charge in [-0.1, -0.05) is 41.6 Å². The van der Waals surface area contributed by atoms with Crippen molar-refractivity contribution in [2.24, 2.45) is 0 Å². The van der Waals surface area contributed by atoms with Crippen molar-refractivity contribution >= 4 is 35.7 Å². The van der Waals surface area contributed by atoms with Crippen LogP contribution in [0, 0.1) is 20.8 Å². The van der Waals surface area contributed by atoms with Gasteiger partial charge in [0.05, 0.1) is 42.8 Å². The number of amides is 1. The topological polar surface area (TPSA) is 90.7 Å². The lowest BCUT2D eigenvalue weighted by Crippen LogP contribution is -2.27. The molecule has 0 saturated carbocycles. The van der Waals surface area contributed by atoms with E-state index in [9.17, 15) is 14.4 Å². The maximum absolute atomic E-state index is 12.2. The van der Waals surface area contributed by atoms with E-state index >= 15 is 0 Å². The third-order valence-electron chi connectivity index (χ3n) is 5.40. The maximum Gasteiger partial charge on any atom is 0.333 e. The molecule has 1 aromatic carbocycles. The second-order valence-electron chi connectivity index (χ2n) is 7.92. The molecule has 0 aliphatic carbocycles. The highest BCUT2D eigenvalue weighted by molar-refractivity contribution is 8.04. The maximum atomic E-state index is 12.2. The molecule has 0 bridgehead atoms. The first-order valence-electron chi connectivity index (χ1n) is 11.0. The van der Waals surface area contributed by atoms with Crippen LogP contribution in [0.3, 0.4) is 0 Å². The second kappa shape index (κ2) is 11.7. The van der Waals surface area contributed by atoms with Gasteiger partial charge in [0.25, 0.3) is 0 Å². The smallest absolute Gasteiger partial charge is 0.333 e. The average Bonchev–Trinajstić information content (AvgIpc) is 3.29. The SMILES string of the molecule is COC(=O)/C=C1/SCC(=O)N1CCCOC(=O)/C=C/c1c(C)nn(Cc2ccc(C)cc2)c1C. The number of hydrogen-bond acceptors (Lipinski definition) is 7. The van der Waals surface area contributed by atoms with Crippen molar-refractivity contribution in [2.45, 2.75) is 33.7 Å². The number of esters is 2. The molecule has 180 valence electrons. The highest BCUT2D eigenvalue weighted by atomic mass is 32.2. The largest absolute Gasteiger partial charge is 0.466 e. The lowest BCUT2D eigenvalue weighted by Gasteiger charge is -2.16. The Bertz CT molecular complexity index is 1120. The Hall–Kier alpha value is -3.33. The number of carbonyl (C=O) groups is 3. The van der Waals surface area contributed by atoms with Crippen LogP contribution in [0.25, 0.3) is 6.08 Å². The first-order valence-corrected chi connectivity index (χ1v) is 11.9. The molecule has 2 aromatic rings. The first kappa shape index (κ1) is 25.3. The molecule has 1 aliphatic heterocycles. The molecule has 2 heterocycles. The molecule has 0 atom stereocenters. The highest BCUT2D eigenvalue weighted by Crippen LogP contribution is 2.28. The molecule has 1 amide bonds. The molecule has 0 spiro atoms. The number of aromatic nitrogens is 2. The summed E-state index contributed by atoms with van der Waals surface area (Å²) in [6.07, 6.45) is 4.88. The number of aryl methyl sites for hydroxylation is 2. The number of ether oxygens (including phenoxy) is 2. The van der Waals surface area contributed by atoms with E-state index in [1.165, 1.54) is 41.5 Å². The standard InChI is InChI=1S/C25H29N3O5S/c1-17-6-8-20(9-7-17)15-28-19(3)21(18(2)26-28)10-11-24(30)33-13-5-12-27-22(29)16-34-23(27)14-25(31)32-4/h6-11,14H,5,12-13,15-16H2,1-4H3/b11-10+,23-14+. The first-order chi connectivity index (χ1) is 16.3. The number of carbonyl (C=O) groups excluding carboxylic acids is 3. The Morgan fingerprint density at radius 1 is 1.15 bits per heavy atom. The van der Waals surface area contributed by atoms with Crippen LogP contribution in [0.4, 0.5) is 0 Å². The summed E-state index contributed by atoms with van der Waals surface area (Å²) in [6.45, 7) is 7.12. The van der Waals surface area contributed by atoms with Crippen LogP contribution in [-0.2, 0) is 30.4 Å². The van der Waals surface area contributed by atoms with Crippen LogP contribution in [0.15, 0.2) is 41.4 Å². The number of benzene rings is 1. The number of rotatable bonds is 9. The van der Waals surface area contributed by atoms with Gasteiger partial charge in [-0.3, -0.25) is 9.48 Å². The summed E-state index contributed by atoms with van der Waals surface area (Å²) in [5, 5.41) is 5.15. The monoisotopic (exact) mass is 483 g/mol. The third-order valence-corrected chi connectivity index (χ3v) is 6.43. The van der Waals surface area contributed by atoms with Gasteiger partial charge in [0.2, 0.25) is 5.91 Å². The van der Waals surface area contributed by atoms with Crippen LogP contribution in [0.2, 0.25) is 0 Å². The van der Waals surface area contributed by atoms with Crippen molar-refractivity contribution in [3.63, 3.8) is 0 Å². The molecule has 0 radical (unpaired) electrons. The van der Waals surface area contributed by atoms with Crippen LogP contribution in [0.1, 0.15) is 34.5 Å². The molecule has 1 aliphatic rings. The zero-order valence-corrected chi connectivity index (χ0v) is 20.7. The number of nitrogens with zero attached hydrogens (tertiary/aromatic N) is 3. The van der Waals surface area contributed by atoms with Gasteiger partial charge in [-0.25, -0.2) is 9.59 Å². The summed E-state index contributed by atoms with van der Waals surface area (Å²) in [5.74, 6) is -0.772. The van der Waals surface area contributed by atoms with E-state index in [2.05, 4.69) is 41.0 Å². The van der Waals surface area contributed by atoms with Gasteiger partial charge in [0.15, 0.2) is 0 Å². The molecule has 0 N–H and O–H groups in total. The van der Waals surface area contributed by atoms with Crippen molar-refractivity contribution in [1.82, 2.24) is 14.7 Å². The van der Waals surface area contributed by atoms with Crippen molar-refractivity contribution in [1.29, 1.82) is 0 Å². The number of thioether (sulfide) groups is 1. The lowest BCUT2D eigenvalue weighted by atomic mass is 10.1. The molecule has 3 rings (SSSR count). The normalized spacial score (nSPS) is 14.9. The second-order valence-corrected chi connectivity index (χ2v) is 8.92. The Morgan fingerprint density at radius 2 is 1.88 bits per heavy atom. The Morgan fingerprint density at radius 3 is 2.59 bits per heavy atom. The van der Waals surface area contributed by atoms with Gasteiger partial charge < -0.3 is 14.4 Å². The van der Waals surface area contributed by atoms with E-state index in [1.807, 2.05) is 18.5 Å².